The fraction of sp³-hybridized carbons (Fsp3) is 0.333. The smallest absolute Gasteiger partial charge is 0.252 e. The standard InChI is InChI=1S/C9H11N3O/c1-2-3-4-5-10-8-6-9(13)12-7-11-8/h1,6-7H,3-5H2,(H2,10,11,12,13). The monoisotopic (exact) mass is 177 g/mol. The topological polar surface area (TPSA) is 57.8 Å². The Hall–Kier alpha value is -1.76. The van der Waals surface area contributed by atoms with Gasteiger partial charge in [-0.3, -0.25) is 4.79 Å². The molecule has 1 heterocycles. The number of hydrogen-bond donors (Lipinski definition) is 2. The quantitative estimate of drug-likeness (QED) is 0.523. The first-order valence-electron chi connectivity index (χ1n) is 4.05. The SMILES string of the molecule is C#CCCCNc1cc(=O)[nH]cn1. The van der Waals surface area contributed by atoms with Crippen LogP contribution in [0.4, 0.5) is 5.82 Å². The van der Waals surface area contributed by atoms with Crippen molar-refractivity contribution in [3.8, 4) is 12.3 Å². The van der Waals surface area contributed by atoms with Gasteiger partial charge in [0.2, 0.25) is 0 Å². The summed E-state index contributed by atoms with van der Waals surface area (Å²) in [5, 5.41) is 2.99. The predicted octanol–water partition coefficient (Wildman–Crippen LogP) is 0.595. The highest BCUT2D eigenvalue weighted by molar-refractivity contribution is 5.31. The van der Waals surface area contributed by atoms with Crippen molar-refractivity contribution in [1.82, 2.24) is 9.97 Å². The molecule has 1 aromatic rings. The minimum absolute atomic E-state index is 0.158. The molecule has 1 rings (SSSR count). The van der Waals surface area contributed by atoms with E-state index in [1.807, 2.05) is 0 Å². The van der Waals surface area contributed by atoms with Crippen molar-refractivity contribution in [2.24, 2.45) is 0 Å². The Kier molecular flexibility index (Phi) is 3.58. The summed E-state index contributed by atoms with van der Waals surface area (Å²) < 4.78 is 0. The number of aromatic nitrogens is 2. The van der Waals surface area contributed by atoms with E-state index in [0.717, 1.165) is 19.4 Å². The summed E-state index contributed by atoms with van der Waals surface area (Å²) in [6, 6.07) is 1.41. The minimum Gasteiger partial charge on any atom is -0.370 e. The van der Waals surface area contributed by atoms with Gasteiger partial charge in [-0.2, -0.15) is 0 Å². The fourth-order valence-electron chi connectivity index (χ4n) is 0.872. The molecular formula is C9H11N3O. The minimum atomic E-state index is -0.158. The van der Waals surface area contributed by atoms with Gasteiger partial charge in [-0.05, 0) is 6.42 Å². The van der Waals surface area contributed by atoms with Crippen LogP contribution in [0.5, 0.6) is 0 Å². The average Bonchev–Trinajstić information content (AvgIpc) is 2.13. The lowest BCUT2D eigenvalue weighted by Crippen LogP contribution is -2.09. The number of unbranched alkanes of at least 4 members (excludes halogenated alkanes) is 1. The zero-order chi connectivity index (χ0) is 9.52. The second-order valence-electron chi connectivity index (χ2n) is 2.53. The van der Waals surface area contributed by atoms with Crippen LogP contribution < -0.4 is 10.9 Å². The van der Waals surface area contributed by atoms with Gasteiger partial charge < -0.3 is 10.3 Å². The van der Waals surface area contributed by atoms with E-state index in [9.17, 15) is 4.79 Å². The fourth-order valence-corrected chi connectivity index (χ4v) is 0.872. The number of hydrogen-bond acceptors (Lipinski definition) is 3. The Balaban J connectivity index is 2.38. The lowest BCUT2D eigenvalue weighted by Gasteiger charge is -2.01. The van der Waals surface area contributed by atoms with Crippen molar-refractivity contribution in [3.05, 3.63) is 22.7 Å². The molecule has 0 saturated carbocycles. The molecule has 0 unspecified atom stereocenters. The van der Waals surface area contributed by atoms with Crippen LogP contribution in [0.1, 0.15) is 12.8 Å². The number of terminal acetylenes is 1. The molecule has 0 amide bonds. The first-order chi connectivity index (χ1) is 6.33. The molecule has 0 bridgehead atoms. The molecule has 2 N–H and O–H groups in total. The highest BCUT2D eigenvalue weighted by Gasteiger charge is 1.92. The van der Waals surface area contributed by atoms with Crippen LogP contribution in [-0.2, 0) is 0 Å². The number of nitrogens with one attached hydrogen (secondary N) is 2. The third-order valence-electron chi connectivity index (χ3n) is 1.48. The molecule has 13 heavy (non-hydrogen) atoms. The molecule has 0 radical (unpaired) electrons. The van der Waals surface area contributed by atoms with Crippen molar-refractivity contribution in [2.75, 3.05) is 11.9 Å². The van der Waals surface area contributed by atoms with Gasteiger partial charge in [-0.1, -0.05) is 0 Å². The van der Waals surface area contributed by atoms with Gasteiger partial charge in [0.15, 0.2) is 0 Å². The molecule has 1 aromatic heterocycles. The summed E-state index contributed by atoms with van der Waals surface area (Å²) in [4.78, 5) is 17.2. The number of rotatable bonds is 4. The average molecular weight is 177 g/mol. The molecular weight excluding hydrogens is 166 g/mol. The van der Waals surface area contributed by atoms with Gasteiger partial charge in [0, 0.05) is 19.0 Å². The molecule has 0 aliphatic carbocycles. The first kappa shape index (κ1) is 9.33. The van der Waals surface area contributed by atoms with Crippen molar-refractivity contribution < 1.29 is 0 Å². The summed E-state index contributed by atoms with van der Waals surface area (Å²) >= 11 is 0. The van der Waals surface area contributed by atoms with Crippen LogP contribution in [0.25, 0.3) is 0 Å². The van der Waals surface area contributed by atoms with Gasteiger partial charge in [-0.15, -0.1) is 12.3 Å². The van der Waals surface area contributed by atoms with E-state index in [-0.39, 0.29) is 5.56 Å². The highest BCUT2D eigenvalue weighted by Crippen LogP contribution is 1.95. The van der Waals surface area contributed by atoms with Gasteiger partial charge in [0.05, 0.1) is 6.33 Å². The summed E-state index contributed by atoms with van der Waals surface area (Å²) in [5.41, 5.74) is -0.158. The Bertz CT molecular complexity index is 350. The van der Waals surface area contributed by atoms with E-state index in [0.29, 0.717) is 5.82 Å². The van der Waals surface area contributed by atoms with Crippen molar-refractivity contribution in [1.29, 1.82) is 0 Å². The van der Waals surface area contributed by atoms with E-state index in [4.69, 9.17) is 6.42 Å². The molecule has 0 fully saturated rings. The van der Waals surface area contributed by atoms with E-state index >= 15 is 0 Å². The largest absolute Gasteiger partial charge is 0.370 e. The second kappa shape index (κ2) is 4.99. The lowest BCUT2D eigenvalue weighted by molar-refractivity contribution is 0.898. The van der Waals surface area contributed by atoms with Crippen LogP contribution in [0, 0.1) is 12.3 Å². The summed E-state index contributed by atoms with van der Waals surface area (Å²) in [6.45, 7) is 0.737. The van der Waals surface area contributed by atoms with Gasteiger partial charge in [-0.25, -0.2) is 4.98 Å². The van der Waals surface area contributed by atoms with Gasteiger partial charge in [0.1, 0.15) is 5.82 Å². The number of aromatic amines is 1. The summed E-state index contributed by atoms with van der Waals surface area (Å²) in [5.74, 6) is 3.12. The Morgan fingerprint density at radius 3 is 3.23 bits per heavy atom. The van der Waals surface area contributed by atoms with Crippen LogP contribution in [-0.4, -0.2) is 16.5 Å². The Labute approximate surface area is 76.4 Å². The predicted molar refractivity (Wildman–Crippen MR) is 51.4 cm³/mol. The summed E-state index contributed by atoms with van der Waals surface area (Å²) in [6.07, 6.45) is 8.06. The molecule has 0 atom stereocenters. The Morgan fingerprint density at radius 1 is 1.69 bits per heavy atom. The maximum absolute atomic E-state index is 10.8. The van der Waals surface area contributed by atoms with Crippen molar-refractivity contribution >= 4 is 5.82 Å². The molecule has 0 aliphatic heterocycles. The Morgan fingerprint density at radius 2 is 2.54 bits per heavy atom. The molecule has 68 valence electrons. The maximum atomic E-state index is 10.8. The normalized spacial score (nSPS) is 9.15. The molecule has 4 nitrogen and oxygen atoms in total. The maximum Gasteiger partial charge on any atom is 0.252 e. The van der Waals surface area contributed by atoms with Crippen LogP contribution in [0.3, 0.4) is 0 Å². The third-order valence-corrected chi connectivity index (χ3v) is 1.48. The van der Waals surface area contributed by atoms with E-state index < -0.39 is 0 Å². The summed E-state index contributed by atoms with van der Waals surface area (Å²) in [7, 11) is 0. The number of anilines is 1. The van der Waals surface area contributed by atoms with Crippen LogP contribution in [0.15, 0.2) is 17.2 Å². The van der Waals surface area contributed by atoms with Crippen molar-refractivity contribution in [2.45, 2.75) is 12.8 Å². The lowest BCUT2D eigenvalue weighted by atomic mass is 10.3. The van der Waals surface area contributed by atoms with E-state index in [1.54, 1.807) is 0 Å². The zero-order valence-electron chi connectivity index (χ0n) is 7.21. The zero-order valence-corrected chi connectivity index (χ0v) is 7.21. The van der Waals surface area contributed by atoms with Crippen LogP contribution in [0.2, 0.25) is 0 Å². The van der Waals surface area contributed by atoms with E-state index in [2.05, 4.69) is 21.2 Å². The number of H-pyrrole nitrogens is 1. The molecule has 0 spiro atoms. The first-order valence-corrected chi connectivity index (χ1v) is 4.05. The molecule has 4 heteroatoms. The highest BCUT2D eigenvalue weighted by atomic mass is 16.1. The third kappa shape index (κ3) is 3.43. The number of nitrogens with zero attached hydrogens (tertiary/aromatic N) is 1. The van der Waals surface area contributed by atoms with Crippen molar-refractivity contribution in [3.63, 3.8) is 0 Å². The van der Waals surface area contributed by atoms with E-state index in [1.165, 1.54) is 12.4 Å². The molecule has 0 saturated heterocycles. The molecule has 0 aromatic carbocycles. The second-order valence-corrected chi connectivity index (χ2v) is 2.53. The van der Waals surface area contributed by atoms with Gasteiger partial charge >= 0.3 is 0 Å². The molecule has 0 aliphatic rings. The van der Waals surface area contributed by atoms with Gasteiger partial charge in [0.25, 0.3) is 5.56 Å². The van der Waals surface area contributed by atoms with Crippen LogP contribution >= 0.6 is 0 Å².